The normalized spacial score (nSPS) is 42.0. The van der Waals surface area contributed by atoms with Crippen LogP contribution >= 0.6 is 11.8 Å². The maximum atomic E-state index is 5.34. The van der Waals surface area contributed by atoms with Gasteiger partial charge in [-0.3, -0.25) is 0 Å². The van der Waals surface area contributed by atoms with Gasteiger partial charge in [0.2, 0.25) is 0 Å². The molecule has 4 unspecified atom stereocenters. The van der Waals surface area contributed by atoms with Crippen molar-refractivity contribution in [3.8, 4) is 0 Å². The van der Waals surface area contributed by atoms with Gasteiger partial charge in [0.1, 0.15) is 12.2 Å². The largest absolute Gasteiger partial charge is 0.497 e. The van der Waals surface area contributed by atoms with Crippen LogP contribution in [0.25, 0.3) is 0 Å². The van der Waals surface area contributed by atoms with Gasteiger partial charge in [0.15, 0.2) is 0 Å². The van der Waals surface area contributed by atoms with Crippen molar-refractivity contribution in [2.45, 2.75) is 36.6 Å². The van der Waals surface area contributed by atoms with E-state index in [-0.39, 0.29) is 0 Å². The standard InChI is InChI=1S/C10H14O2S/c1-7-9(3-5-11-7)13-10-4-6-12-8(10)2/h3-10H,1-2H3. The molecule has 0 spiro atoms. The molecule has 0 bridgehead atoms. The van der Waals surface area contributed by atoms with Crippen LogP contribution in [0.1, 0.15) is 13.8 Å². The van der Waals surface area contributed by atoms with E-state index in [0.717, 1.165) is 0 Å². The smallest absolute Gasteiger partial charge is 0.110 e. The Morgan fingerprint density at radius 1 is 0.923 bits per heavy atom. The zero-order valence-electron chi connectivity index (χ0n) is 7.84. The van der Waals surface area contributed by atoms with E-state index in [9.17, 15) is 0 Å². The Balaban J connectivity index is 1.90. The molecule has 0 saturated heterocycles. The summed E-state index contributed by atoms with van der Waals surface area (Å²) in [4.78, 5) is 0. The van der Waals surface area contributed by atoms with Gasteiger partial charge < -0.3 is 9.47 Å². The lowest BCUT2D eigenvalue weighted by atomic mass is 10.3. The van der Waals surface area contributed by atoms with Gasteiger partial charge in [-0.2, -0.15) is 0 Å². The Bertz CT molecular complexity index is 213. The maximum absolute atomic E-state index is 5.34. The fraction of sp³-hybridized carbons (Fsp3) is 0.600. The first kappa shape index (κ1) is 9.00. The van der Waals surface area contributed by atoms with Crippen LogP contribution in [0.15, 0.2) is 24.7 Å². The molecule has 0 aromatic heterocycles. The van der Waals surface area contributed by atoms with E-state index in [1.807, 2.05) is 11.8 Å². The molecule has 0 amide bonds. The molecule has 2 rings (SSSR count). The van der Waals surface area contributed by atoms with Crippen molar-refractivity contribution in [1.29, 1.82) is 0 Å². The van der Waals surface area contributed by atoms with E-state index in [1.165, 1.54) is 0 Å². The minimum atomic E-state index is 0.297. The molecule has 2 heterocycles. The Hall–Kier alpha value is -0.570. The second kappa shape index (κ2) is 3.66. The van der Waals surface area contributed by atoms with E-state index in [2.05, 4.69) is 26.0 Å². The Labute approximate surface area is 83.0 Å². The number of hydrogen-bond acceptors (Lipinski definition) is 3. The van der Waals surface area contributed by atoms with E-state index >= 15 is 0 Å². The van der Waals surface area contributed by atoms with Crippen LogP contribution in [0.2, 0.25) is 0 Å². The van der Waals surface area contributed by atoms with E-state index < -0.39 is 0 Å². The highest BCUT2D eigenvalue weighted by atomic mass is 32.2. The molecule has 0 radical (unpaired) electrons. The molecule has 72 valence electrons. The third-order valence-electron chi connectivity index (χ3n) is 2.36. The van der Waals surface area contributed by atoms with Crippen LogP contribution in [0.3, 0.4) is 0 Å². The summed E-state index contributed by atoms with van der Waals surface area (Å²) in [5, 5.41) is 0.942. The molecule has 13 heavy (non-hydrogen) atoms. The van der Waals surface area contributed by atoms with Gasteiger partial charge in [0, 0.05) is 0 Å². The topological polar surface area (TPSA) is 18.5 Å². The van der Waals surface area contributed by atoms with Crippen LogP contribution in [0.4, 0.5) is 0 Å². The molecule has 4 atom stereocenters. The molecule has 2 aliphatic rings. The van der Waals surface area contributed by atoms with Crippen molar-refractivity contribution in [2.24, 2.45) is 0 Å². The first-order chi connectivity index (χ1) is 6.27. The summed E-state index contributed by atoms with van der Waals surface area (Å²) in [7, 11) is 0. The van der Waals surface area contributed by atoms with Gasteiger partial charge in [-0.25, -0.2) is 0 Å². The number of thioether (sulfide) groups is 1. The Kier molecular flexibility index (Phi) is 2.54. The summed E-state index contributed by atoms with van der Waals surface area (Å²) in [6.07, 6.45) is 8.43. The molecular weight excluding hydrogens is 184 g/mol. The number of ether oxygens (including phenoxy) is 2. The van der Waals surface area contributed by atoms with Gasteiger partial charge in [-0.1, -0.05) is 0 Å². The third-order valence-corrected chi connectivity index (χ3v) is 4.07. The Morgan fingerprint density at radius 2 is 1.38 bits per heavy atom. The van der Waals surface area contributed by atoms with Gasteiger partial charge in [-0.05, 0) is 26.0 Å². The van der Waals surface area contributed by atoms with E-state index in [4.69, 9.17) is 9.47 Å². The van der Waals surface area contributed by atoms with Gasteiger partial charge in [-0.15, -0.1) is 11.8 Å². The lowest BCUT2D eigenvalue weighted by Crippen LogP contribution is -2.22. The molecule has 3 heteroatoms. The monoisotopic (exact) mass is 198 g/mol. The predicted molar refractivity (Wildman–Crippen MR) is 54.5 cm³/mol. The highest BCUT2D eigenvalue weighted by molar-refractivity contribution is 8.00. The molecule has 0 saturated carbocycles. The average molecular weight is 198 g/mol. The van der Waals surface area contributed by atoms with E-state index in [0.29, 0.717) is 22.7 Å². The second-order valence-electron chi connectivity index (χ2n) is 3.40. The number of hydrogen-bond donors (Lipinski definition) is 0. The van der Waals surface area contributed by atoms with Gasteiger partial charge in [0.05, 0.1) is 23.0 Å². The van der Waals surface area contributed by atoms with Crippen molar-refractivity contribution < 1.29 is 9.47 Å². The van der Waals surface area contributed by atoms with Crippen molar-refractivity contribution in [1.82, 2.24) is 0 Å². The Morgan fingerprint density at radius 3 is 1.69 bits per heavy atom. The van der Waals surface area contributed by atoms with Crippen LogP contribution in [-0.4, -0.2) is 22.7 Å². The zero-order valence-corrected chi connectivity index (χ0v) is 8.66. The molecule has 0 fully saturated rings. The summed E-state index contributed by atoms with van der Waals surface area (Å²) in [6.45, 7) is 4.20. The summed E-state index contributed by atoms with van der Waals surface area (Å²) in [5.74, 6) is 0. The zero-order chi connectivity index (χ0) is 9.26. The summed E-state index contributed by atoms with van der Waals surface area (Å²) >= 11 is 1.91. The summed E-state index contributed by atoms with van der Waals surface area (Å²) < 4.78 is 10.7. The molecule has 0 aromatic carbocycles. The lowest BCUT2D eigenvalue weighted by Gasteiger charge is -2.19. The molecule has 0 aromatic rings. The first-order valence-corrected chi connectivity index (χ1v) is 5.51. The molecule has 2 nitrogen and oxygen atoms in total. The summed E-state index contributed by atoms with van der Waals surface area (Å²) in [6, 6.07) is 0. The fourth-order valence-electron chi connectivity index (χ4n) is 1.45. The van der Waals surface area contributed by atoms with Gasteiger partial charge in [0.25, 0.3) is 0 Å². The fourth-order valence-corrected chi connectivity index (χ4v) is 2.70. The molecular formula is C10H14O2S. The highest BCUT2D eigenvalue weighted by Gasteiger charge is 2.28. The van der Waals surface area contributed by atoms with E-state index in [1.54, 1.807) is 12.5 Å². The second-order valence-corrected chi connectivity index (χ2v) is 4.77. The SMILES string of the molecule is CC1OC=CC1SC1C=COC1C. The minimum Gasteiger partial charge on any atom is -0.497 e. The molecule has 2 aliphatic heterocycles. The highest BCUT2D eigenvalue weighted by Crippen LogP contribution is 2.32. The molecule has 0 aliphatic carbocycles. The quantitative estimate of drug-likeness (QED) is 0.678. The number of rotatable bonds is 2. The third kappa shape index (κ3) is 1.85. The average Bonchev–Trinajstić information content (AvgIpc) is 2.65. The van der Waals surface area contributed by atoms with Crippen molar-refractivity contribution in [2.75, 3.05) is 0 Å². The van der Waals surface area contributed by atoms with Crippen molar-refractivity contribution >= 4 is 11.8 Å². The van der Waals surface area contributed by atoms with Crippen LogP contribution in [0, 0.1) is 0 Å². The van der Waals surface area contributed by atoms with Gasteiger partial charge >= 0.3 is 0 Å². The first-order valence-electron chi connectivity index (χ1n) is 4.57. The molecule has 0 N–H and O–H groups in total. The lowest BCUT2D eigenvalue weighted by molar-refractivity contribution is 0.187. The van der Waals surface area contributed by atoms with Crippen LogP contribution in [0.5, 0.6) is 0 Å². The van der Waals surface area contributed by atoms with Crippen molar-refractivity contribution in [3.05, 3.63) is 24.7 Å². The van der Waals surface area contributed by atoms with Crippen LogP contribution < -0.4 is 0 Å². The summed E-state index contributed by atoms with van der Waals surface area (Å²) in [5.41, 5.74) is 0. The predicted octanol–water partition coefficient (Wildman–Crippen LogP) is 2.32. The van der Waals surface area contributed by atoms with Crippen LogP contribution in [-0.2, 0) is 9.47 Å². The minimum absolute atomic E-state index is 0.297. The van der Waals surface area contributed by atoms with Crippen molar-refractivity contribution in [3.63, 3.8) is 0 Å². The maximum Gasteiger partial charge on any atom is 0.110 e.